The lowest BCUT2D eigenvalue weighted by Gasteiger charge is -2.35. The standard InChI is InChI=1S/C22H30F3N3O4S/c1-2-27(13-20(29)26-19-10-6-5-9-18(19)22(23,24)25)14-21(30)28(16-7-3-4-8-16)17-11-12-33(31,32)15-17/h5-6,9-10,16-17H,2-4,7-8,11-15H2,1H3,(H,26,29). The summed E-state index contributed by atoms with van der Waals surface area (Å²) in [7, 11) is -3.17. The van der Waals surface area contributed by atoms with Crippen LogP contribution >= 0.6 is 0 Å². The van der Waals surface area contributed by atoms with Crippen molar-refractivity contribution in [2.45, 2.75) is 57.3 Å². The molecule has 1 unspecified atom stereocenters. The largest absolute Gasteiger partial charge is 0.418 e. The predicted octanol–water partition coefficient (Wildman–Crippen LogP) is 2.92. The zero-order chi connectivity index (χ0) is 24.2. The van der Waals surface area contributed by atoms with Gasteiger partial charge < -0.3 is 10.2 Å². The highest BCUT2D eigenvalue weighted by Crippen LogP contribution is 2.34. The Hall–Kier alpha value is -2.14. The van der Waals surface area contributed by atoms with E-state index in [0.29, 0.717) is 13.0 Å². The summed E-state index contributed by atoms with van der Waals surface area (Å²) in [6, 6.07) is 4.35. The topological polar surface area (TPSA) is 86.8 Å². The van der Waals surface area contributed by atoms with Crippen LogP contribution in [0.15, 0.2) is 24.3 Å². The number of nitrogens with zero attached hydrogens (tertiary/aromatic N) is 2. The molecule has 1 atom stereocenters. The van der Waals surface area contributed by atoms with Gasteiger partial charge in [0.05, 0.1) is 35.8 Å². The van der Waals surface area contributed by atoms with Crippen molar-refractivity contribution in [1.82, 2.24) is 9.80 Å². The SMILES string of the molecule is CCN(CC(=O)Nc1ccccc1C(F)(F)F)CC(=O)N(C1CCCC1)C1CCS(=O)(=O)C1. The molecular weight excluding hydrogens is 459 g/mol. The van der Waals surface area contributed by atoms with Crippen LogP contribution in [0.3, 0.4) is 0 Å². The smallest absolute Gasteiger partial charge is 0.335 e. The van der Waals surface area contributed by atoms with E-state index in [1.165, 1.54) is 18.2 Å². The molecule has 0 bridgehead atoms. The number of carbonyl (C=O) groups excluding carboxylic acids is 2. The molecule has 0 radical (unpaired) electrons. The van der Waals surface area contributed by atoms with Crippen LogP contribution in [0.5, 0.6) is 0 Å². The first-order chi connectivity index (χ1) is 15.5. The minimum Gasteiger partial charge on any atom is -0.335 e. The number of halogens is 3. The van der Waals surface area contributed by atoms with Crippen LogP contribution in [-0.4, -0.2) is 73.3 Å². The van der Waals surface area contributed by atoms with Gasteiger partial charge >= 0.3 is 6.18 Å². The number of carbonyl (C=O) groups is 2. The van der Waals surface area contributed by atoms with Gasteiger partial charge in [-0.3, -0.25) is 14.5 Å². The van der Waals surface area contributed by atoms with Crippen molar-refractivity contribution in [3.63, 3.8) is 0 Å². The predicted molar refractivity (Wildman–Crippen MR) is 118 cm³/mol. The maximum atomic E-state index is 13.2. The number of para-hydroxylation sites is 1. The molecule has 0 spiro atoms. The molecule has 3 rings (SSSR count). The van der Waals surface area contributed by atoms with E-state index in [4.69, 9.17) is 0 Å². The number of amides is 2. The maximum Gasteiger partial charge on any atom is 0.418 e. The van der Waals surface area contributed by atoms with Gasteiger partial charge in [0, 0.05) is 12.1 Å². The first-order valence-electron chi connectivity index (χ1n) is 11.2. The first-order valence-corrected chi connectivity index (χ1v) is 13.0. The first kappa shape index (κ1) is 25.5. The van der Waals surface area contributed by atoms with E-state index in [1.54, 1.807) is 16.7 Å². The summed E-state index contributed by atoms with van der Waals surface area (Å²) in [6.45, 7) is 1.74. The molecule has 184 valence electrons. The van der Waals surface area contributed by atoms with Gasteiger partial charge in [-0.25, -0.2) is 8.42 Å². The van der Waals surface area contributed by atoms with Gasteiger partial charge in [-0.2, -0.15) is 13.2 Å². The number of rotatable bonds is 8. The van der Waals surface area contributed by atoms with Crippen molar-refractivity contribution in [1.29, 1.82) is 0 Å². The minimum atomic E-state index is -4.60. The summed E-state index contributed by atoms with van der Waals surface area (Å²) in [5.74, 6) is -0.880. The Labute approximate surface area is 192 Å². The molecule has 2 amide bonds. The van der Waals surface area contributed by atoms with E-state index >= 15 is 0 Å². The summed E-state index contributed by atoms with van der Waals surface area (Å²) in [6.07, 6.45) is -0.593. The third kappa shape index (κ3) is 6.69. The Morgan fingerprint density at radius 1 is 1.06 bits per heavy atom. The second-order valence-corrected chi connectivity index (χ2v) is 10.9. The molecule has 1 N–H and O–H groups in total. The number of hydrogen-bond donors (Lipinski definition) is 1. The number of benzene rings is 1. The monoisotopic (exact) mass is 489 g/mol. The molecule has 33 heavy (non-hydrogen) atoms. The molecule has 1 aliphatic heterocycles. The van der Waals surface area contributed by atoms with E-state index in [0.717, 1.165) is 31.7 Å². The average molecular weight is 490 g/mol. The fourth-order valence-corrected chi connectivity index (χ4v) is 6.38. The summed E-state index contributed by atoms with van der Waals surface area (Å²) in [4.78, 5) is 29.0. The van der Waals surface area contributed by atoms with Crippen molar-refractivity contribution in [3.05, 3.63) is 29.8 Å². The van der Waals surface area contributed by atoms with Gasteiger partial charge in [-0.05, 0) is 37.9 Å². The Bertz CT molecular complexity index is 962. The molecular formula is C22H30F3N3O4S. The van der Waals surface area contributed by atoms with E-state index in [-0.39, 0.29) is 48.3 Å². The van der Waals surface area contributed by atoms with Crippen LogP contribution in [0.1, 0.15) is 44.6 Å². The third-order valence-corrected chi connectivity index (χ3v) is 8.04. The normalized spacial score (nSPS) is 20.8. The minimum absolute atomic E-state index is 0.0120. The van der Waals surface area contributed by atoms with Gasteiger partial charge in [-0.1, -0.05) is 31.9 Å². The average Bonchev–Trinajstić information content (AvgIpc) is 3.37. The molecule has 1 heterocycles. The molecule has 7 nitrogen and oxygen atoms in total. The fourth-order valence-electron chi connectivity index (χ4n) is 4.67. The molecule has 1 saturated heterocycles. The highest BCUT2D eigenvalue weighted by Gasteiger charge is 2.39. The second kappa shape index (κ2) is 10.4. The zero-order valence-corrected chi connectivity index (χ0v) is 19.4. The number of nitrogens with one attached hydrogen (secondary N) is 1. The molecule has 1 aromatic carbocycles. The Morgan fingerprint density at radius 2 is 1.73 bits per heavy atom. The van der Waals surface area contributed by atoms with Gasteiger partial charge in [0.15, 0.2) is 9.84 Å². The van der Waals surface area contributed by atoms with Gasteiger partial charge in [0.25, 0.3) is 0 Å². The fraction of sp³-hybridized carbons (Fsp3) is 0.636. The lowest BCUT2D eigenvalue weighted by Crippen LogP contribution is -2.51. The van der Waals surface area contributed by atoms with Crippen molar-refractivity contribution in [2.24, 2.45) is 0 Å². The van der Waals surface area contributed by atoms with Crippen molar-refractivity contribution in [2.75, 3.05) is 36.5 Å². The Morgan fingerprint density at radius 3 is 2.30 bits per heavy atom. The van der Waals surface area contributed by atoms with Crippen LogP contribution in [0.4, 0.5) is 18.9 Å². The van der Waals surface area contributed by atoms with E-state index in [9.17, 15) is 31.2 Å². The molecule has 1 aromatic rings. The Kier molecular flexibility index (Phi) is 8.04. The van der Waals surface area contributed by atoms with Crippen LogP contribution in [0.2, 0.25) is 0 Å². The lowest BCUT2D eigenvalue weighted by molar-refractivity contribution is -0.137. The summed E-state index contributed by atoms with van der Waals surface area (Å²) >= 11 is 0. The van der Waals surface area contributed by atoms with E-state index in [1.807, 2.05) is 0 Å². The summed E-state index contributed by atoms with van der Waals surface area (Å²) < 4.78 is 63.5. The number of anilines is 1. The molecule has 2 fully saturated rings. The molecule has 1 aliphatic carbocycles. The van der Waals surface area contributed by atoms with Crippen LogP contribution < -0.4 is 5.32 Å². The number of hydrogen-bond acceptors (Lipinski definition) is 5. The number of likely N-dealkylation sites (N-methyl/N-ethyl adjacent to an activating group) is 1. The third-order valence-electron chi connectivity index (χ3n) is 6.29. The van der Waals surface area contributed by atoms with Gasteiger partial charge in [-0.15, -0.1) is 0 Å². The Balaban J connectivity index is 1.66. The zero-order valence-electron chi connectivity index (χ0n) is 18.6. The van der Waals surface area contributed by atoms with Gasteiger partial charge in [0.2, 0.25) is 11.8 Å². The van der Waals surface area contributed by atoms with Crippen LogP contribution in [-0.2, 0) is 25.6 Å². The maximum absolute atomic E-state index is 13.2. The number of sulfone groups is 1. The summed E-state index contributed by atoms with van der Waals surface area (Å²) in [5, 5.41) is 2.30. The van der Waals surface area contributed by atoms with Crippen molar-refractivity contribution < 1.29 is 31.2 Å². The molecule has 11 heteroatoms. The van der Waals surface area contributed by atoms with Crippen LogP contribution in [0, 0.1) is 0 Å². The van der Waals surface area contributed by atoms with Crippen molar-refractivity contribution >= 4 is 27.3 Å². The summed E-state index contributed by atoms with van der Waals surface area (Å²) in [5.41, 5.74) is -1.27. The van der Waals surface area contributed by atoms with E-state index in [2.05, 4.69) is 5.32 Å². The lowest BCUT2D eigenvalue weighted by atomic mass is 10.1. The molecule has 0 aromatic heterocycles. The second-order valence-electron chi connectivity index (χ2n) is 8.69. The molecule has 1 saturated carbocycles. The van der Waals surface area contributed by atoms with Crippen LogP contribution in [0.25, 0.3) is 0 Å². The van der Waals surface area contributed by atoms with Gasteiger partial charge in [0.1, 0.15) is 0 Å². The van der Waals surface area contributed by atoms with E-state index < -0.39 is 27.5 Å². The highest BCUT2D eigenvalue weighted by atomic mass is 32.2. The number of alkyl halides is 3. The molecule has 2 aliphatic rings. The quantitative estimate of drug-likeness (QED) is 0.607. The van der Waals surface area contributed by atoms with Crippen molar-refractivity contribution in [3.8, 4) is 0 Å². The highest BCUT2D eigenvalue weighted by molar-refractivity contribution is 7.91.